The lowest BCUT2D eigenvalue weighted by molar-refractivity contribution is 0.207. The maximum absolute atomic E-state index is 13.2. The normalized spacial score (nSPS) is 17.3. The SMILES string of the molecule is Cc1ccc([C@@H]2CCCN2C(=O)Nc2ccc(F)c(Cl)c2)cc1. The zero-order valence-electron chi connectivity index (χ0n) is 12.9. The van der Waals surface area contributed by atoms with Gasteiger partial charge in [0.1, 0.15) is 5.82 Å². The lowest BCUT2D eigenvalue weighted by Crippen LogP contribution is -2.34. The number of carbonyl (C=O) groups is 1. The van der Waals surface area contributed by atoms with Crippen LogP contribution in [0.25, 0.3) is 0 Å². The molecule has 23 heavy (non-hydrogen) atoms. The molecule has 2 aromatic carbocycles. The van der Waals surface area contributed by atoms with Crippen LogP contribution in [0.5, 0.6) is 0 Å². The molecule has 0 unspecified atom stereocenters. The highest BCUT2D eigenvalue weighted by Crippen LogP contribution is 2.32. The summed E-state index contributed by atoms with van der Waals surface area (Å²) in [4.78, 5) is 14.4. The van der Waals surface area contributed by atoms with Gasteiger partial charge in [0.2, 0.25) is 0 Å². The van der Waals surface area contributed by atoms with E-state index in [9.17, 15) is 9.18 Å². The molecule has 0 aromatic heterocycles. The van der Waals surface area contributed by atoms with Gasteiger partial charge < -0.3 is 10.2 Å². The minimum Gasteiger partial charge on any atom is -0.317 e. The molecule has 0 bridgehead atoms. The topological polar surface area (TPSA) is 32.3 Å². The van der Waals surface area contributed by atoms with Crippen molar-refractivity contribution >= 4 is 23.3 Å². The van der Waals surface area contributed by atoms with E-state index in [0.717, 1.165) is 18.4 Å². The molecule has 0 saturated carbocycles. The molecule has 1 fully saturated rings. The van der Waals surface area contributed by atoms with E-state index in [4.69, 9.17) is 11.6 Å². The Morgan fingerprint density at radius 3 is 2.70 bits per heavy atom. The Labute approximate surface area is 140 Å². The van der Waals surface area contributed by atoms with Gasteiger partial charge in [-0.1, -0.05) is 41.4 Å². The molecular weight excluding hydrogens is 315 g/mol. The van der Waals surface area contributed by atoms with Crippen LogP contribution in [0.1, 0.15) is 30.0 Å². The Bertz CT molecular complexity index is 717. The number of rotatable bonds is 2. The minimum absolute atomic E-state index is 0.000642. The first kappa shape index (κ1) is 15.8. The fourth-order valence-corrected chi connectivity index (χ4v) is 3.09. The van der Waals surface area contributed by atoms with Crippen molar-refractivity contribution in [1.29, 1.82) is 0 Å². The smallest absolute Gasteiger partial charge is 0.317 e. The highest BCUT2D eigenvalue weighted by Gasteiger charge is 2.29. The number of anilines is 1. The number of aryl methyl sites for hydroxylation is 1. The Hall–Kier alpha value is -2.07. The van der Waals surface area contributed by atoms with Crippen molar-refractivity contribution in [2.24, 2.45) is 0 Å². The maximum atomic E-state index is 13.2. The zero-order chi connectivity index (χ0) is 16.4. The van der Waals surface area contributed by atoms with E-state index in [1.807, 2.05) is 11.8 Å². The third-order valence-corrected chi connectivity index (χ3v) is 4.44. The van der Waals surface area contributed by atoms with Crippen molar-refractivity contribution < 1.29 is 9.18 Å². The van der Waals surface area contributed by atoms with Crippen molar-refractivity contribution in [2.45, 2.75) is 25.8 Å². The molecule has 2 amide bonds. The Balaban J connectivity index is 1.75. The molecule has 0 aliphatic carbocycles. The van der Waals surface area contributed by atoms with Gasteiger partial charge in [-0.05, 0) is 43.5 Å². The lowest BCUT2D eigenvalue weighted by Gasteiger charge is -2.25. The number of hydrogen-bond acceptors (Lipinski definition) is 1. The van der Waals surface area contributed by atoms with Gasteiger partial charge in [-0.25, -0.2) is 9.18 Å². The van der Waals surface area contributed by atoms with Crippen LogP contribution in [0.3, 0.4) is 0 Å². The average Bonchev–Trinajstić information content (AvgIpc) is 3.01. The summed E-state index contributed by atoms with van der Waals surface area (Å²) < 4.78 is 13.2. The summed E-state index contributed by atoms with van der Waals surface area (Å²) in [6.45, 7) is 2.75. The molecule has 1 heterocycles. The highest BCUT2D eigenvalue weighted by molar-refractivity contribution is 6.31. The van der Waals surface area contributed by atoms with Gasteiger partial charge in [-0.15, -0.1) is 0 Å². The number of halogens is 2. The molecule has 0 radical (unpaired) electrons. The summed E-state index contributed by atoms with van der Waals surface area (Å²) in [7, 11) is 0. The van der Waals surface area contributed by atoms with Gasteiger partial charge in [0.25, 0.3) is 0 Å². The summed E-state index contributed by atoms with van der Waals surface area (Å²) in [5.41, 5.74) is 2.83. The van der Waals surface area contributed by atoms with Crippen LogP contribution in [0.4, 0.5) is 14.9 Å². The quantitative estimate of drug-likeness (QED) is 0.809. The van der Waals surface area contributed by atoms with E-state index in [2.05, 4.69) is 29.6 Å². The van der Waals surface area contributed by atoms with E-state index < -0.39 is 5.82 Å². The van der Waals surface area contributed by atoms with Gasteiger partial charge in [-0.2, -0.15) is 0 Å². The predicted molar refractivity (Wildman–Crippen MR) is 90.3 cm³/mol. The highest BCUT2D eigenvalue weighted by atomic mass is 35.5. The molecule has 3 rings (SSSR count). The standard InChI is InChI=1S/C18H18ClFN2O/c1-12-4-6-13(7-5-12)17-3-2-10-22(17)18(23)21-14-8-9-16(20)15(19)11-14/h4-9,11,17H,2-3,10H2,1H3,(H,21,23)/t17-/m0/s1. The van der Waals surface area contributed by atoms with Gasteiger partial charge in [-0.3, -0.25) is 0 Å². The van der Waals surface area contributed by atoms with Crippen molar-refractivity contribution in [3.05, 3.63) is 64.4 Å². The Kier molecular flexibility index (Phi) is 4.53. The summed E-state index contributed by atoms with van der Waals surface area (Å²) in [6, 6.07) is 12.3. The Morgan fingerprint density at radius 1 is 1.26 bits per heavy atom. The number of benzene rings is 2. The van der Waals surface area contributed by atoms with E-state index in [1.54, 1.807) is 0 Å². The van der Waals surface area contributed by atoms with Crippen molar-refractivity contribution in [2.75, 3.05) is 11.9 Å². The lowest BCUT2D eigenvalue weighted by atomic mass is 10.0. The first-order valence-corrected chi connectivity index (χ1v) is 8.01. The molecule has 5 heteroatoms. The van der Waals surface area contributed by atoms with E-state index in [-0.39, 0.29) is 17.1 Å². The largest absolute Gasteiger partial charge is 0.322 e. The molecule has 0 spiro atoms. The molecular formula is C18H18ClFN2O. The van der Waals surface area contributed by atoms with Crippen molar-refractivity contribution in [1.82, 2.24) is 4.90 Å². The first-order chi connectivity index (χ1) is 11.0. The third kappa shape index (κ3) is 3.48. The van der Waals surface area contributed by atoms with Gasteiger partial charge in [0.05, 0.1) is 11.1 Å². The third-order valence-electron chi connectivity index (χ3n) is 4.15. The molecule has 1 aliphatic heterocycles. The fourth-order valence-electron chi connectivity index (χ4n) is 2.91. The van der Waals surface area contributed by atoms with Crippen LogP contribution < -0.4 is 5.32 Å². The van der Waals surface area contributed by atoms with Crippen LogP contribution in [0, 0.1) is 12.7 Å². The number of amides is 2. The van der Waals surface area contributed by atoms with Crippen LogP contribution >= 0.6 is 11.6 Å². The van der Waals surface area contributed by atoms with Gasteiger partial charge in [0.15, 0.2) is 0 Å². The van der Waals surface area contributed by atoms with E-state index in [1.165, 1.54) is 23.8 Å². The second kappa shape index (κ2) is 6.59. The molecule has 1 N–H and O–H groups in total. The predicted octanol–water partition coefficient (Wildman–Crippen LogP) is 5.16. The van der Waals surface area contributed by atoms with Gasteiger partial charge >= 0.3 is 6.03 Å². The van der Waals surface area contributed by atoms with Crippen molar-refractivity contribution in [3.8, 4) is 0 Å². The van der Waals surface area contributed by atoms with Crippen LogP contribution in [0.2, 0.25) is 5.02 Å². The number of nitrogens with one attached hydrogen (secondary N) is 1. The maximum Gasteiger partial charge on any atom is 0.322 e. The van der Waals surface area contributed by atoms with E-state index >= 15 is 0 Å². The summed E-state index contributed by atoms with van der Waals surface area (Å²) >= 11 is 5.76. The number of hydrogen-bond donors (Lipinski definition) is 1. The fraction of sp³-hybridized carbons (Fsp3) is 0.278. The van der Waals surface area contributed by atoms with Crippen LogP contribution in [0.15, 0.2) is 42.5 Å². The minimum atomic E-state index is -0.497. The first-order valence-electron chi connectivity index (χ1n) is 7.64. The zero-order valence-corrected chi connectivity index (χ0v) is 13.6. The van der Waals surface area contributed by atoms with Crippen LogP contribution in [-0.4, -0.2) is 17.5 Å². The second-order valence-electron chi connectivity index (χ2n) is 5.82. The Morgan fingerprint density at radius 2 is 2.00 bits per heavy atom. The van der Waals surface area contributed by atoms with Crippen LogP contribution in [-0.2, 0) is 0 Å². The molecule has 2 aromatic rings. The number of carbonyl (C=O) groups excluding carboxylic acids is 1. The number of urea groups is 1. The monoisotopic (exact) mass is 332 g/mol. The van der Waals surface area contributed by atoms with Gasteiger partial charge in [0, 0.05) is 12.2 Å². The summed E-state index contributed by atoms with van der Waals surface area (Å²) in [5, 5.41) is 2.80. The number of nitrogens with zero attached hydrogens (tertiary/aromatic N) is 1. The van der Waals surface area contributed by atoms with E-state index in [0.29, 0.717) is 12.2 Å². The molecule has 120 valence electrons. The number of likely N-dealkylation sites (tertiary alicyclic amines) is 1. The molecule has 1 saturated heterocycles. The van der Waals surface area contributed by atoms with Crippen molar-refractivity contribution in [3.63, 3.8) is 0 Å². The summed E-state index contributed by atoms with van der Waals surface area (Å²) in [6.07, 6.45) is 1.91. The molecule has 1 aliphatic rings. The molecule has 3 nitrogen and oxygen atoms in total. The average molecular weight is 333 g/mol. The summed E-state index contributed by atoms with van der Waals surface area (Å²) in [5.74, 6) is -0.497. The second-order valence-corrected chi connectivity index (χ2v) is 6.23. The molecule has 1 atom stereocenters.